The van der Waals surface area contributed by atoms with Crippen molar-refractivity contribution in [2.45, 2.75) is 6.10 Å². The molecule has 0 spiro atoms. The molecule has 0 fully saturated rings. The van der Waals surface area contributed by atoms with Gasteiger partial charge in [0.2, 0.25) is 0 Å². The summed E-state index contributed by atoms with van der Waals surface area (Å²) in [4.78, 5) is 9.92. The topological polar surface area (TPSA) is 99.0 Å². The molecule has 0 unspecified atom stereocenters. The normalized spacial score (nSPS) is 10.2. The Hall–Kier alpha value is -0.850. The highest BCUT2D eigenvalue weighted by Gasteiger charge is 2.04. The van der Waals surface area contributed by atoms with Crippen LogP contribution in [0.15, 0.2) is 0 Å². The van der Waals surface area contributed by atoms with Gasteiger partial charge in [0, 0.05) is 6.54 Å². The van der Waals surface area contributed by atoms with E-state index >= 15 is 0 Å². The lowest BCUT2D eigenvalue weighted by atomic mass is 10.4. The van der Waals surface area contributed by atoms with Crippen LogP contribution in [0.5, 0.6) is 0 Å². The van der Waals surface area contributed by atoms with Crippen LogP contribution in [0.3, 0.4) is 0 Å². The molecule has 0 atom stereocenters. The lowest BCUT2D eigenvalue weighted by Crippen LogP contribution is -2.29. The minimum atomic E-state index is -1.12. The van der Waals surface area contributed by atoms with E-state index in [4.69, 9.17) is 20.1 Å². The molecule has 0 aliphatic heterocycles. The van der Waals surface area contributed by atoms with Crippen molar-refractivity contribution in [1.29, 1.82) is 0 Å². The summed E-state index contributed by atoms with van der Waals surface area (Å²) in [5.41, 5.74) is 0. The van der Waals surface area contributed by atoms with E-state index in [0.29, 0.717) is 0 Å². The van der Waals surface area contributed by atoms with Crippen LogP contribution in [-0.4, -0.2) is 53.9 Å². The van der Waals surface area contributed by atoms with Crippen molar-refractivity contribution in [1.82, 2.24) is 5.32 Å². The summed E-state index contributed by atoms with van der Waals surface area (Å²) in [5.74, 6) is 0. The largest absolute Gasteiger partial charge is 0.465 e. The zero-order chi connectivity index (χ0) is 9.40. The fourth-order valence-corrected chi connectivity index (χ4v) is 0.547. The van der Waals surface area contributed by atoms with E-state index in [9.17, 15) is 4.79 Å². The van der Waals surface area contributed by atoms with Crippen molar-refractivity contribution in [3.63, 3.8) is 0 Å². The summed E-state index contributed by atoms with van der Waals surface area (Å²) in [6, 6.07) is 0. The highest BCUT2D eigenvalue weighted by atomic mass is 16.5. The third-order valence-corrected chi connectivity index (χ3v) is 1.14. The third kappa shape index (κ3) is 5.90. The second-order valence-corrected chi connectivity index (χ2v) is 2.09. The quantitative estimate of drug-likeness (QED) is 0.377. The van der Waals surface area contributed by atoms with E-state index < -0.39 is 12.2 Å². The van der Waals surface area contributed by atoms with Crippen molar-refractivity contribution < 1.29 is 24.9 Å². The molecule has 0 aromatic carbocycles. The smallest absolute Gasteiger partial charge is 0.404 e. The van der Waals surface area contributed by atoms with Crippen molar-refractivity contribution in [2.75, 3.05) is 26.4 Å². The van der Waals surface area contributed by atoms with Gasteiger partial charge in [0.15, 0.2) is 0 Å². The van der Waals surface area contributed by atoms with Crippen molar-refractivity contribution in [3.05, 3.63) is 0 Å². The molecule has 0 saturated heterocycles. The fraction of sp³-hybridized carbons (Fsp3) is 0.833. The fourth-order valence-electron chi connectivity index (χ4n) is 0.547. The molecule has 6 heteroatoms. The van der Waals surface area contributed by atoms with E-state index in [1.54, 1.807) is 0 Å². The number of aliphatic hydroxyl groups excluding tert-OH is 2. The van der Waals surface area contributed by atoms with E-state index in [-0.39, 0.29) is 26.4 Å². The molecule has 0 aromatic rings. The first kappa shape index (κ1) is 11.2. The summed E-state index contributed by atoms with van der Waals surface area (Å²) in [7, 11) is 0. The van der Waals surface area contributed by atoms with Crippen LogP contribution in [0, 0.1) is 0 Å². The minimum absolute atomic E-state index is 0.137. The van der Waals surface area contributed by atoms with Crippen LogP contribution >= 0.6 is 0 Å². The number of nitrogens with one attached hydrogen (secondary N) is 1. The van der Waals surface area contributed by atoms with Crippen molar-refractivity contribution >= 4 is 6.09 Å². The van der Waals surface area contributed by atoms with Gasteiger partial charge in [-0.25, -0.2) is 4.79 Å². The Balaban J connectivity index is 3.23. The molecule has 0 aliphatic carbocycles. The van der Waals surface area contributed by atoms with Gasteiger partial charge < -0.3 is 25.4 Å². The number of aliphatic hydroxyl groups is 2. The van der Waals surface area contributed by atoms with Crippen molar-refractivity contribution in [3.8, 4) is 0 Å². The highest BCUT2D eigenvalue weighted by Crippen LogP contribution is 1.87. The SMILES string of the molecule is O=C(O)NCCOC(CO)CO. The predicted octanol–water partition coefficient (Wildman–Crippen LogP) is -1.38. The van der Waals surface area contributed by atoms with Gasteiger partial charge >= 0.3 is 6.09 Å². The lowest BCUT2D eigenvalue weighted by Gasteiger charge is -2.11. The number of ether oxygens (including phenoxy) is 1. The second kappa shape index (κ2) is 6.84. The standard InChI is InChI=1S/C6H13NO5/c8-3-5(4-9)12-2-1-7-6(10)11/h5,7-9H,1-4H2,(H,10,11). The van der Waals surface area contributed by atoms with Gasteiger partial charge in [-0.15, -0.1) is 0 Å². The van der Waals surface area contributed by atoms with Gasteiger partial charge in [0.05, 0.1) is 19.8 Å². The molecule has 0 aromatic heterocycles. The molecular weight excluding hydrogens is 166 g/mol. The maximum absolute atomic E-state index is 9.92. The zero-order valence-electron chi connectivity index (χ0n) is 6.56. The highest BCUT2D eigenvalue weighted by molar-refractivity contribution is 5.64. The van der Waals surface area contributed by atoms with E-state index in [0.717, 1.165) is 0 Å². The van der Waals surface area contributed by atoms with E-state index in [2.05, 4.69) is 5.32 Å². The first-order valence-electron chi connectivity index (χ1n) is 3.50. The number of rotatable bonds is 6. The third-order valence-electron chi connectivity index (χ3n) is 1.14. The lowest BCUT2D eigenvalue weighted by molar-refractivity contribution is -0.0177. The van der Waals surface area contributed by atoms with E-state index in [1.807, 2.05) is 0 Å². The van der Waals surface area contributed by atoms with Crippen LogP contribution < -0.4 is 5.32 Å². The molecule has 0 aliphatic rings. The van der Waals surface area contributed by atoms with Gasteiger partial charge in [0.1, 0.15) is 6.10 Å². The van der Waals surface area contributed by atoms with Crippen molar-refractivity contribution in [2.24, 2.45) is 0 Å². The summed E-state index contributed by atoms with van der Waals surface area (Å²) in [5, 5.41) is 27.2. The molecule has 0 heterocycles. The average Bonchev–Trinajstić information content (AvgIpc) is 2.04. The zero-order valence-corrected chi connectivity index (χ0v) is 6.56. The number of hydrogen-bond acceptors (Lipinski definition) is 4. The first-order valence-corrected chi connectivity index (χ1v) is 3.50. The summed E-state index contributed by atoms with van der Waals surface area (Å²) >= 11 is 0. The molecule has 4 N–H and O–H groups in total. The summed E-state index contributed by atoms with van der Waals surface area (Å²) in [6.45, 7) is -0.267. The Labute approximate surface area is 69.8 Å². The number of carboxylic acid groups (broad SMARTS) is 1. The summed E-state index contributed by atoms with van der Waals surface area (Å²) in [6.07, 6.45) is -1.75. The molecule has 72 valence electrons. The van der Waals surface area contributed by atoms with Gasteiger partial charge in [-0.2, -0.15) is 0 Å². The van der Waals surface area contributed by atoms with Gasteiger partial charge in [-0.05, 0) is 0 Å². The number of hydrogen-bond donors (Lipinski definition) is 4. The van der Waals surface area contributed by atoms with Gasteiger partial charge in [-0.3, -0.25) is 0 Å². The number of amides is 1. The van der Waals surface area contributed by atoms with Crippen LogP contribution in [0.4, 0.5) is 4.79 Å². The van der Waals surface area contributed by atoms with Crippen LogP contribution in [0.25, 0.3) is 0 Å². The minimum Gasteiger partial charge on any atom is -0.465 e. The Bertz CT molecular complexity index is 125. The molecular formula is C6H13NO5. The Kier molecular flexibility index (Phi) is 6.35. The molecule has 0 bridgehead atoms. The average molecular weight is 179 g/mol. The van der Waals surface area contributed by atoms with Crippen LogP contribution in [0.2, 0.25) is 0 Å². The molecule has 0 radical (unpaired) electrons. The predicted molar refractivity (Wildman–Crippen MR) is 39.9 cm³/mol. The Morgan fingerprint density at radius 3 is 2.42 bits per heavy atom. The maximum atomic E-state index is 9.92. The van der Waals surface area contributed by atoms with Gasteiger partial charge in [-0.1, -0.05) is 0 Å². The maximum Gasteiger partial charge on any atom is 0.404 e. The molecule has 0 saturated carbocycles. The Morgan fingerprint density at radius 1 is 1.42 bits per heavy atom. The first-order chi connectivity index (χ1) is 5.70. The van der Waals surface area contributed by atoms with Gasteiger partial charge in [0.25, 0.3) is 0 Å². The van der Waals surface area contributed by atoms with Crippen LogP contribution in [0.1, 0.15) is 0 Å². The summed E-state index contributed by atoms with van der Waals surface area (Å²) < 4.78 is 4.86. The molecule has 1 amide bonds. The molecule has 6 nitrogen and oxygen atoms in total. The van der Waals surface area contributed by atoms with E-state index in [1.165, 1.54) is 0 Å². The molecule has 12 heavy (non-hydrogen) atoms. The Morgan fingerprint density at radius 2 is 2.00 bits per heavy atom. The number of carbonyl (C=O) groups is 1. The monoisotopic (exact) mass is 179 g/mol. The van der Waals surface area contributed by atoms with Crippen LogP contribution in [-0.2, 0) is 4.74 Å². The molecule has 0 rings (SSSR count). The second-order valence-electron chi connectivity index (χ2n) is 2.09.